The number of aromatic nitrogens is 2. The Kier molecular flexibility index (Phi) is 9.30. The lowest BCUT2D eigenvalue weighted by atomic mass is 9.85. The molecule has 1 aromatic carbocycles. The van der Waals surface area contributed by atoms with Gasteiger partial charge < -0.3 is 28.8 Å². The summed E-state index contributed by atoms with van der Waals surface area (Å²) >= 11 is 0. The number of hydrogen-bond acceptors (Lipinski definition) is 10. The van der Waals surface area contributed by atoms with Crippen molar-refractivity contribution in [3.05, 3.63) is 51.3 Å². The number of carbonyl (C=O) groups is 4. The van der Waals surface area contributed by atoms with Crippen molar-refractivity contribution in [2.24, 2.45) is 5.92 Å². The molecule has 0 bridgehead atoms. The second-order valence-electron chi connectivity index (χ2n) is 14.7. The quantitative estimate of drug-likeness (QED) is 0.115. The summed E-state index contributed by atoms with van der Waals surface area (Å²) in [6, 6.07) is 7.09. The van der Waals surface area contributed by atoms with Crippen LogP contribution in [0.1, 0.15) is 78.5 Å². The summed E-state index contributed by atoms with van der Waals surface area (Å²) in [5.41, 5.74) is 0.414. The molecule has 0 spiro atoms. The fourth-order valence-electron chi connectivity index (χ4n) is 6.93. The number of fused-ring (bicyclic) bond motifs is 5. The lowest BCUT2D eigenvalue weighted by molar-refractivity contribution is -0.188. The first-order valence-electron chi connectivity index (χ1n) is 16.6. The number of carbonyl (C=O) groups excluding carboxylic acids is 4. The third-order valence-electron chi connectivity index (χ3n) is 9.73. The van der Waals surface area contributed by atoms with Crippen LogP contribution in [0.5, 0.6) is 5.75 Å². The highest BCUT2D eigenvalue weighted by molar-refractivity contribution is 6.93. The number of cyclic esters (lactones) is 1. The zero-order chi connectivity index (χ0) is 36.2. The molecule has 13 heteroatoms. The van der Waals surface area contributed by atoms with Crippen LogP contribution in [0.3, 0.4) is 0 Å². The second-order valence-corrected chi connectivity index (χ2v) is 19.6. The highest BCUT2D eigenvalue weighted by atomic mass is 28.3. The van der Waals surface area contributed by atoms with Crippen LogP contribution in [0, 0.1) is 5.92 Å². The largest absolute Gasteiger partial charge is 0.457 e. The van der Waals surface area contributed by atoms with Crippen LogP contribution >= 0.6 is 0 Å². The van der Waals surface area contributed by atoms with Gasteiger partial charge in [0.25, 0.3) is 5.56 Å². The molecule has 4 heterocycles. The molecule has 0 saturated heterocycles. The maximum absolute atomic E-state index is 14.3. The summed E-state index contributed by atoms with van der Waals surface area (Å²) in [7, 11) is -2.31. The molecule has 1 N–H and O–H groups in total. The minimum Gasteiger partial charge on any atom is -0.457 e. The van der Waals surface area contributed by atoms with E-state index in [1.165, 1.54) is 6.92 Å². The molecule has 2 atom stereocenters. The van der Waals surface area contributed by atoms with Crippen LogP contribution in [0.2, 0.25) is 18.6 Å². The SMILES string of the molecule is CCC1(OC(=O)CNC(=O)OC(C)(C)C)C(=O)OCc2c1cc1n(c2=O)Cc2c-1nc1ccc(OC(C)=O)cc1c2[Si](C)(C)C(C)C(C)C. The molecule has 1 amide bonds. The lowest BCUT2D eigenvalue weighted by Crippen LogP contribution is -2.49. The Morgan fingerprint density at radius 3 is 2.41 bits per heavy atom. The highest BCUT2D eigenvalue weighted by Crippen LogP contribution is 2.42. The van der Waals surface area contributed by atoms with Crippen molar-refractivity contribution in [3.8, 4) is 17.1 Å². The van der Waals surface area contributed by atoms with E-state index < -0.39 is 49.8 Å². The average molecular weight is 692 g/mol. The number of nitrogens with zero attached hydrogens (tertiary/aromatic N) is 2. The first-order valence-corrected chi connectivity index (χ1v) is 19.7. The van der Waals surface area contributed by atoms with Crippen molar-refractivity contribution in [2.75, 3.05) is 6.54 Å². The third kappa shape index (κ3) is 6.48. The summed E-state index contributed by atoms with van der Waals surface area (Å²) in [6.45, 7) is 18.8. The molecule has 262 valence electrons. The number of hydrogen-bond donors (Lipinski definition) is 1. The van der Waals surface area contributed by atoms with Gasteiger partial charge in [0.2, 0.25) is 5.60 Å². The molecule has 2 aliphatic rings. The molecule has 0 fully saturated rings. The van der Waals surface area contributed by atoms with Crippen molar-refractivity contribution in [1.29, 1.82) is 0 Å². The van der Waals surface area contributed by atoms with Gasteiger partial charge in [0, 0.05) is 17.9 Å². The zero-order valence-corrected chi connectivity index (χ0v) is 30.9. The van der Waals surface area contributed by atoms with E-state index in [2.05, 4.69) is 39.2 Å². The Bertz CT molecular complexity index is 1940. The van der Waals surface area contributed by atoms with E-state index in [1.807, 2.05) is 12.1 Å². The van der Waals surface area contributed by atoms with Gasteiger partial charge in [0.15, 0.2) is 0 Å². The van der Waals surface area contributed by atoms with E-state index in [0.717, 1.165) is 16.1 Å². The molecule has 12 nitrogen and oxygen atoms in total. The number of pyridine rings is 2. The van der Waals surface area contributed by atoms with Crippen LogP contribution in [0.15, 0.2) is 29.1 Å². The standard InChI is InChI=1S/C36H45N3O9Si/c1-11-36(47-29(41)16-37-34(44)48-35(6,7)8)26-15-28-30-24(17-39(28)32(42)25(26)18-45-33(36)43)31(49(9,10)20(4)19(2)3)23-14-22(46-21(5)40)12-13-27(23)38-30/h12-15,19-20H,11,16-18H2,1-10H3,(H,37,44). The number of esters is 3. The number of alkyl carbamates (subject to hydrolysis) is 1. The van der Waals surface area contributed by atoms with Gasteiger partial charge in [-0.15, -0.1) is 0 Å². The maximum Gasteiger partial charge on any atom is 0.408 e. The molecular formula is C36H45N3O9Si. The third-order valence-corrected chi connectivity index (χ3v) is 14.5. The average Bonchev–Trinajstić information content (AvgIpc) is 3.36. The maximum atomic E-state index is 14.3. The smallest absolute Gasteiger partial charge is 0.408 e. The fourth-order valence-corrected chi connectivity index (χ4v) is 10.9. The van der Waals surface area contributed by atoms with Crippen LogP contribution in [0.25, 0.3) is 22.3 Å². The van der Waals surface area contributed by atoms with Crippen LogP contribution in [0.4, 0.5) is 4.79 Å². The Hall–Kier alpha value is -4.52. The van der Waals surface area contributed by atoms with Gasteiger partial charge in [0.1, 0.15) is 24.5 Å². The monoisotopic (exact) mass is 691 g/mol. The van der Waals surface area contributed by atoms with Crippen molar-refractivity contribution >= 4 is 48.2 Å². The molecule has 0 aliphatic carbocycles. The summed E-state index contributed by atoms with van der Waals surface area (Å²) in [4.78, 5) is 70.0. The number of nitrogens with one attached hydrogen (secondary N) is 1. The zero-order valence-electron chi connectivity index (χ0n) is 29.9. The van der Waals surface area contributed by atoms with Gasteiger partial charge in [-0.3, -0.25) is 14.4 Å². The molecule has 0 radical (unpaired) electrons. The summed E-state index contributed by atoms with van der Waals surface area (Å²) < 4.78 is 23.6. The first kappa shape index (κ1) is 35.8. The first-order chi connectivity index (χ1) is 22.8. The minimum atomic E-state index is -2.31. The molecule has 5 rings (SSSR count). The van der Waals surface area contributed by atoms with Crippen molar-refractivity contribution in [1.82, 2.24) is 14.9 Å². The summed E-state index contributed by atoms with van der Waals surface area (Å²) in [5.74, 6) is -1.34. The lowest BCUT2D eigenvalue weighted by Gasteiger charge is -2.35. The Labute approximate surface area is 286 Å². The Morgan fingerprint density at radius 1 is 1.10 bits per heavy atom. The van der Waals surface area contributed by atoms with Crippen molar-refractivity contribution in [3.63, 3.8) is 0 Å². The Balaban J connectivity index is 1.67. The van der Waals surface area contributed by atoms with Crippen LogP contribution in [-0.2, 0) is 47.3 Å². The molecule has 2 unspecified atom stereocenters. The van der Waals surface area contributed by atoms with Crippen LogP contribution < -0.4 is 20.8 Å². The number of rotatable bonds is 8. The van der Waals surface area contributed by atoms with Gasteiger partial charge in [-0.1, -0.05) is 40.8 Å². The highest BCUT2D eigenvalue weighted by Gasteiger charge is 2.51. The van der Waals surface area contributed by atoms with Crippen LogP contribution in [-0.4, -0.2) is 53.8 Å². The van der Waals surface area contributed by atoms with Gasteiger partial charge >= 0.3 is 24.0 Å². The van der Waals surface area contributed by atoms with Gasteiger partial charge in [-0.25, -0.2) is 14.6 Å². The van der Waals surface area contributed by atoms with E-state index in [4.69, 9.17) is 23.9 Å². The minimum absolute atomic E-state index is 0.0199. The number of amides is 1. The van der Waals surface area contributed by atoms with E-state index in [9.17, 15) is 24.0 Å². The normalized spacial score (nSPS) is 17.5. The van der Waals surface area contributed by atoms with Gasteiger partial charge in [-0.05, 0) is 73.7 Å². The van der Waals surface area contributed by atoms with Gasteiger partial charge in [0.05, 0.1) is 37.1 Å². The number of ether oxygens (including phenoxy) is 4. The number of benzene rings is 1. The van der Waals surface area contributed by atoms with E-state index in [1.54, 1.807) is 44.4 Å². The van der Waals surface area contributed by atoms with E-state index >= 15 is 0 Å². The topological polar surface area (TPSA) is 152 Å². The second kappa shape index (κ2) is 12.7. The summed E-state index contributed by atoms with van der Waals surface area (Å²) in [5, 5.41) is 4.35. The molecule has 3 aromatic rings. The predicted octanol–water partition coefficient (Wildman–Crippen LogP) is 5.04. The van der Waals surface area contributed by atoms with E-state index in [0.29, 0.717) is 34.1 Å². The molecule has 2 aliphatic heterocycles. The predicted molar refractivity (Wildman–Crippen MR) is 185 cm³/mol. The molecule has 0 saturated carbocycles. The van der Waals surface area contributed by atoms with Gasteiger partial charge in [-0.2, -0.15) is 0 Å². The Morgan fingerprint density at radius 2 is 1.80 bits per heavy atom. The molecule has 49 heavy (non-hydrogen) atoms. The van der Waals surface area contributed by atoms with Crippen molar-refractivity contribution < 1.29 is 38.1 Å². The van der Waals surface area contributed by atoms with E-state index in [-0.39, 0.29) is 36.3 Å². The fraction of sp³-hybridized carbons (Fsp3) is 0.500. The molecular weight excluding hydrogens is 646 g/mol. The summed E-state index contributed by atoms with van der Waals surface area (Å²) in [6.07, 6.45) is -0.838. The molecule has 2 aromatic heterocycles. The van der Waals surface area contributed by atoms with Crippen molar-refractivity contribution in [2.45, 2.75) is 105 Å².